The van der Waals surface area contributed by atoms with Gasteiger partial charge in [0, 0.05) is 28.8 Å². The molecule has 0 spiro atoms. The predicted octanol–water partition coefficient (Wildman–Crippen LogP) is 3.98. The molecule has 1 heterocycles. The van der Waals surface area contributed by atoms with Gasteiger partial charge in [0.2, 0.25) is 5.91 Å². The quantitative estimate of drug-likeness (QED) is 0.679. The second kappa shape index (κ2) is 7.81. The fourth-order valence-electron chi connectivity index (χ4n) is 1.91. The molecule has 0 saturated carbocycles. The van der Waals surface area contributed by atoms with E-state index >= 15 is 0 Å². The Morgan fingerprint density at radius 2 is 2.30 bits per heavy atom. The summed E-state index contributed by atoms with van der Waals surface area (Å²) in [6.45, 7) is 12.2. The van der Waals surface area contributed by atoms with Crippen LogP contribution in [0.25, 0.3) is 0 Å². The van der Waals surface area contributed by atoms with Gasteiger partial charge < -0.3 is 9.64 Å². The molecule has 0 fully saturated rings. The molecule has 0 bridgehead atoms. The highest BCUT2D eigenvalue weighted by Gasteiger charge is 2.24. The SMILES string of the molecule is C=CC(=O)N(Cc1cc(Cl)cs1)CC(C)(C)COCC. The molecule has 0 aliphatic carbocycles. The largest absolute Gasteiger partial charge is 0.381 e. The summed E-state index contributed by atoms with van der Waals surface area (Å²) >= 11 is 7.48. The first-order valence-corrected chi connectivity index (χ1v) is 7.85. The summed E-state index contributed by atoms with van der Waals surface area (Å²) in [7, 11) is 0. The molecule has 1 amide bonds. The van der Waals surface area contributed by atoms with Crippen LogP contribution >= 0.6 is 22.9 Å². The van der Waals surface area contributed by atoms with Gasteiger partial charge in [-0.15, -0.1) is 11.3 Å². The van der Waals surface area contributed by atoms with Crippen LogP contribution in [0.5, 0.6) is 0 Å². The van der Waals surface area contributed by atoms with E-state index in [4.69, 9.17) is 16.3 Å². The van der Waals surface area contributed by atoms with Crippen LogP contribution in [0.3, 0.4) is 0 Å². The van der Waals surface area contributed by atoms with Gasteiger partial charge in [-0.1, -0.05) is 32.0 Å². The summed E-state index contributed by atoms with van der Waals surface area (Å²) in [4.78, 5) is 14.9. The summed E-state index contributed by atoms with van der Waals surface area (Å²) in [5.74, 6) is -0.0703. The first-order chi connectivity index (χ1) is 9.38. The Hall–Kier alpha value is -0.840. The summed E-state index contributed by atoms with van der Waals surface area (Å²) in [6, 6.07) is 1.89. The highest BCUT2D eigenvalue weighted by atomic mass is 35.5. The first-order valence-electron chi connectivity index (χ1n) is 6.60. The van der Waals surface area contributed by atoms with E-state index in [1.54, 1.807) is 16.2 Å². The lowest BCUT2D eigenvalue weighted by Crippen LogP contribution is -2.39. The molecule has 0 aliphatic rings. The number of hydrogen-bond acceptors (Lipinski definition) is 3. The van der Waals surface area contributed by atoms with Gasteiger partial charge in [-0.25, -0.2) is 0 Å². The zero-order valence-electron chi connectivity index (χ0n) is 12.3. The molecule has 1 aromatic heterocycles. The van der Waals surface area contributed by atoms with Gasteiger partial charge in [-0.3, -0.25) is 4.79 Å². The summed E-state index contributed by atoms with van der Waals surface area (Å²) in [6.07, 6.45) is 1.35. The maximum atomic E-state index is 12.0. The van der Waals surface area contributed by atoms with Crippen LogP contribution in [-0.4, -0.2) is 30.6 Å². The molecule has 0 atom stereocenters. The highest BCUT2D eigenvalue weighted by molar-refractivity contribution is 7.10. The Morgan fingerprint density at radius 1 is 1.60 bits per heavy atom. The standard InChI is InChI=1S/C15H22ClNO2S/c1-5-14(18)17(8-13-7-12(16)9-20-13)10-15(3,4)11-19-6-2/h5,7,9H,1,6,8,10-11H2,2-4H3. The maximum absolute atomic E-state index is 12.0. The third-order valence-corrected chi connectivity index (χ3v) is 4.04. The topological polar surface area (TPSA) is 29.5 Å². The number of carbonyl (C=O) groups excluding carboxylic acids is 1. The summed E-state index contributed by atoms with van der Waals surface area (Å²) in [5.41, 5.74) is -0.101. The molecule has 0 radical (unpaired) electrons. The normalized spacial score (nSPS) is 11.4. The van der Waals surface area contributed by atoms with Crippen LogP contribution in [0, 0.1) is 5.41 Å². The number of halogens is 1. The van der Waals surface area contributed by atoms with Gasteiger partial charge >= 0.3 is 0 Å². The molecular weight excluding hydrogens is 294 g/mol. The number of hydrogen-bond donors (Lipinski definition) is 0. The van der Waals surface area contributed by atoms with E-state index < -0.39 is 0 Å². The minimum absolute atomic E-state index is 0.0703. The predicted molar refractivity (Wildman–Crippen MR) is 85.2 cm³/mol. The number of amides is 1. The molecule has 20 heavy (non-hydrogen) atoms. The Kier molecular flexibility index (Phi) is 6.72. The molecular formula is C15H22ClNO2S. The van der Waals surface area contributed by atoms with Crippen LogP contribution in [0.2, 0.25) is 5.02 Å². The van der Waals surface area contributed by atoms with Crippen molar-refractivity contribution in [3.05, 3.63) is 34.0 Å². The van der Waals surface area contributed by atoms with Crippen molar-refractivity contribution in [3.63, 3.8) is 0 Å². The van der Waals surface area contributed by atoms with Crippen molar-refractivity contribution in [2.45, 2.75) is 27.3 Å². The average Bonchev–Trinajstić information content (AvgIpc) is 2.80. The van der Waals surface area contributed by atoms with Crippen LogP contribution < -0.4 is 0 Å². The molecule has 1 rings (SSSR count). The van der Waals surface area contributed by atoms with Gasteiger partial charge in [0.1, 0.15) is 0 Å². The Balaban J connectivity index is 2.74. The zero-order valence-corrected chi connectivity index (χ0v) is 13.9. The molecule has 0 saturated heterocycles. The molecule has 0 unspecified atom stereocenters. The second-order valence-corrected chi connectivity index (χ2v) is 6.86. The van der Waals surface area contributed by atoms with Gasteiger partial charge in [-0.2, -0.15) is 0 Å². The van der Waals surface area contributed by atoms with Crippen LogP contribution in [0.15, 0.2) is 24.1 Å². The van der Waals surface area contributed by atoms with E-state index in [0.29, 0.717) is 31.3 Å². The average molecular weight is 316 g/mol. The molecule has 1 aromatic rings. The van der Waals surface area contributed by atoms with Crippen molar-refractivity contribution in [1.82, 2.24) is 4.90 Å². The summed E-state index contributed by atoms with van der Waals surface area (Å²) < 4.78 is 5.48. The van der Waals surface area contributed by atoms with Gasteiger partial charge in [-0.05, 0) is 19.1 Å². The number of carbonyl (C=O) groups is 1. The second-order valence-electron chi connectivity index (χ2n) is 5.43. The van der Waals surface area contributed by atoms with Gasteiger partial charge in [0.05, 0.1) is 18.2 Å². The Labute approximate surface area is 130 Å². The van der Waals surface area contributed by atoms with E-state index in [9.17, 15) is 4.79 Å². The third kappa shape index (κ3) is 5.65. The number of ether oxygens (including phenoxy) is 1. The molecule has 0 aromatic carbocycles. The number of nitrogens with zero attached hydrogens (tertiary/aromatic N) is 1. The fourth-order valence-corrected chi connectivity index (χ4v) is 2.99. The minimum atomic E-state index is -0.101. The molecule has 5 heteroatoms. The fraction of sp³-hybridized carbons (Fsp3) is 0.533. The lowest BCUT2D eigenvalue weighted by Gasteiger charge is -2.31. The number of thiophene rings is 1. The Morgan fingerprint density at radius 3 is 2.80 bits per heavy atom. The first kappa shape index (κ1) is 17.2. The van der Waals surface area contributed by atoms with E-state index in [-0.39, 0.29) is 11.3 Å². The van der Waals surface area contributed by atoms with Crippen molar-refractivity contribution in [3.8, 4) is 0 Å². The van der Waals surface area contributed by atoms with Crippen molar-refractivity contribution >= 4 is 28.8 Å². The molecule has 0 N–H and O–H groups in total. The Bertz CT molecular complexity index is 456. The third-order valence-electron chi connectivity index (χ3n) is 2.77. The van der Waals surface area contributed by atoms with Gasteiger partial charge in [0.25, 0.3) is 0 Å². The summed E-state index contributed by atoms with van der Waals surface area (Å²) in [5, 5.41) is 2.59. The molecule has 112 valence electrons. The highest BCUT2D eigenvalue weighted by Crippen LogP contribution is 2.24. The van der Waals surface area contributed by atoms with Crippen molar-refractivity contribution < 1.29 is 9.53 Å². The van der Waals surface area contributed by atoms with E-state index in [1.807, 2.05) is 18.4 Å². The molecule has 0 aliphatic heterocycles. The molecule has 3 nitrogen and oxygen atoms in total. The number of rotatable bonds is 8. The minimum Gasteiger partial charge on any atom is -0.381 e. The maximum Gasteiger partial charge on any atom is 0.246 e. The van der Waals surface area contributed by atoms with Crippen molar-refractivity contribution in [2.24, 2.45) is 5.41 Å². The zero-order chi connectivity index (χ0) is 15.2. The lowest BCUT2D eigenvalue weighted by molar-refractivity contribution is -0.128. The van der Waals surface area contributed by atoms with Crippen LogP contribution in [0.4, 0.5) is 0 Å². The van der Waals surface area contributed by atoms with E-state index in [2.05, 4.69) is 20.4 Å². The smallest absolute Gasteiger partial charge is 0.246 e. The van der Waals surface area contributed by atoms with Gasteiger partial charge in [0.15, 0.2) is 0 Å². The lowest BCUT2D eigenvalue weighted by atomic mass is 9.94. The van der Waals surface area contributed by atoms with Crippen molar-refractivity contribution in [1.29, 1.82) is 0 Å². The van der Waals surface area contributed by atoms with E-state index in [0.717, 1.165) is 4.88 Å². The van der Waals surface area contributed by atoms with Crippen LogP contribution in [0.1, 0.15) is 25.6 Å². The monoisotopic (exact) mass is 315 g/mol. The van der Waals surface area contributed by atoms with Crippen LogP contribution in [-0.2, 0) is 16.1 Å². The van der Waals surface area contributed by atoms with E-state index in [1.165, 1.54) is 6.08 Å². The van der Waals surface area contributed by atoms with Crippen molar-refractivity contribution in [2.75, 3.05) is 19.8 Å².